The maximum absolute atomic E-state index is 5.13. The minimum atomic E-state index is -0.204. The first-order valence-corrected chi connectivity index (χ1v) is 6.35. The Morgan fingerprint density at radius 1 is 1.16 bits per heavy atom. The number of benzene rings is 1. The third-order valence-electron chi connectivity index (χ3n) is 3.06. The Morgan fingerprint density at radius 3 is 2.68 bits per heavy atom. The minimum absolute atomic E-state index is 0.204. The molecule has 2 aromatic rings. The molecular weight excluding hydrogens is 240 g/mol. The summed E-state index contributed by atoms with van der Waals surface area (Å²) in [6, 6.07) is 10.4. The van der Waals surface area contributed by atoms with Crippen LogP contribution in [-0.4, -0.2) is 32.0 Å². The predicted molar refractivity (Wildman–Crippen MR) is 76.0 cm³/mol. The molecule has 0 aliphatic rings. The Hall–Kier alpha value is -1.49. The second-order valence-corrected chi connectivity index (χ2v) is 4.51. The zero-order chi connectivity index (χ0) is 13.7. The number of fused-ring (bicyclic) bond motifs is 1. The smallest absolute Gasteiger partial charge is 0.169 e. The highest BCUT2D eigenvalue weighted by Gasteiger charge is 2.04. The van der Waals surface area contributed by atoms with Crippen molar-refractivity contribution in [1.82, 2.24) is 10.3 Å². The highest BCUT2D eigenvalue weighted by atomic mass is 16.7. The van der Waals surface area contributed by atoms with Crippen LogP contribution in [-0.2, 0) is 16.0 Å². The Labute approximate surface area is 113 Å². The average molecular weight is 260 g/mol. The molecule has 1 heterocycles. The number of hydrogen-bond acceptors (Lipinski definition) is 4. The maximum Gasteiger partial charge on any atom is 0.169 e. The monoisotopic (exact) mass is 260 g/mol. The van der Waals surface area contributed by atoms with Crippen LogP contribution in [0.1, 0.15) is 11.3 Å². The highest BCUT2D eigenvalue weighted by molar-refractivity contribution is 5.79. The van der Waals surface area contributed by atoms with E-state index in [-0.39, 0.29) is 6.29 Å². The molecule has 0 amide bonds. The molecule has 0 fully saturated rings. The maximum atomic E-state index is 5.13. The van der Waals surface area contributed by atoms with Gasteiger partial charge < -0.3 is 14.8 Å². The van der Waals surface area contributed by atoms with Gasteiger partial charge in [-0.3, -0.25) is 4.98 Å². The fraction of sp³-hybridized carbons (Fsp3) is 0.400. The Balaban J connectivity index is 1.99. The van der Waals surface area contributed by atoms with Crippen LogP contribution in [0.15, 0.2) is 30.3 Å². The number of aromatic nitrogens is 1. The van der Waals surface area contributed by atoms with E-state index in [1.807, 2.05) is 13.0 Å². The number of aryl methyl sites for hydroxylation is 1. The minimum Gasteiger partial charge on any atom is -0.355 e. The molecule has 1 aromatic heterocycles. The summed E-state index contributed by atoms with van der Waals surface area (Å²) in [5, 5.41) is 4.48. The van der Waals surface area contributed by atoms with Gasteiger partial charge in [-0.25, -0.2) is 0 Å². The number of nitrogens with one attached hydrogen (secondary N) is 1. The van der Waals surface area contributed by atoms with Gasteiger partial charge in [0.15, 0.2) is 6.29 Å². The largest absolute Gasteiger partial charge is 0.355 e. The predicted octanol–water partition coefficient (Wildman–Crippen LogP) is 2.25. The zero-order valence-electron chi connectivity index (χ0n) is 11.6. The number of rotatable bonds is 6. The zero-order valence-corrected chi connectivity index (χ0v) is 11.6. The summed E-state index contributed by atoms with van der Waals surface area (Å²) in [4.78, 5) is 4.49. The van der Waals surface area contributed by atoms with Crippen LogP contribution in [0.2, 0.25) is 0 Å². The Bertz CT molecular complexity index is 539. The van der Waals surface area contributed by atoms with Crippen LogP contribution < -0.4 is 5.32 Å². The van der Waals surface area contributed by atoms with Crippen LogP contribution in [0.3, 0.4) is 0 Å². The summed E-state index contributed by atoms with van der Waals surface area (Å²) in [6.07, 6.45) is -0.204. The molecule has 0 unspecified atom stereocenters. The molecule has 0 saturated carbocycles. The van der Waals surface area contributed by atoms with Gasteiger partial charge in [0.1, 0.15) is 0 Å². The lowest BCUT2D eigenvalue weighted by Crippen LogP contribution is -2.29. The van der Waals surface area contributed by atoms with Gasteiger partial charge in [0.05, 0.1) is 5.52 Å². The van der Waals surface area contributed by atoms with Crippen molar-refractivity contribution in [1.29, 1.82) is 0 Å². The number of nitrogens with zero attached hydrogens (tertiary/aromatic N) is 1. The van der Waals surface area contributed by atoms with Crippen molar-refractivity contribution in [2.45, 2.75) is 19.8 Å². The lowest BCUT2D eigenvalue weighted by atomic mass is 10.1. The molecule has 0 atom stereocenters. The molecule has 1 N–H and O–H groups in total. The standard InChI is InChI=1S/C15H20N2O2/c1-11-4-6-13-8-12(5-7-14(13)17-11)9-16-10-15(18-2)19-3/h4-8,15-16H,9-10H2,1-3H3. The second kappa shape index (κ2) is 6.61. The molecule has 19 heavy (non-hydrogen) atoms. The molecule has 4 heteroatoms. The van der Waals surface area contributed by atoms with Crippen LogP contribution >= 0.6 is 0 Å². The molecule has 0 radical (unpaired) electrons. The van der Waals surface area contributed by atoms with Gasteiger partial charge in [-0.1, -0.05) is 12.1 Å². The number of ether oxygens (including phenoxy) is 2. The summed E-state index contributed by atoms with van der Waals surface area (Å²) in [5.41, 5.74) is 3.31. The number of pyridine rings is 1. The van der Waals surface area contributed by atoms with Gasteiger partial charge in [0, 0.05) is 38.4 Å². The molecule has 0 aliphatic heterocycles. The van der Waals surface area contributed by atoms with Crippen molar-refractivity contribution in [2.24, 2.45) is 0 Å². The summed E-state index contributed by atoms with van der Waals surface area (Å²) < 4.78 is 10.3. The molecule has 1 aromatic carbocycles. The van der Waals surface area contributed by atoms with Crippen molar-refractivity contribution in [3.63, 3.8) is 0 Å². The van der Waals surface area contributed by atoms with Crippen LogP contribution in [0.4, 0.5) is 0 Å². The SMILES string of the molecule is COC(CNCc1ccc2nc(C)ccc2c1)OC. The van der Waals surface area contributed by atoms with Crippen molar-refractivity contribution >= 4 is 10.9 Å². The van der Waals surface area contributed by atoms with Crippen LogP contribution in [0, 0.1) is 6.92 Å². The lowest BCUT2D eigenvalue weighted by Gasteiger charge is -2.14. The first-order valence-electron chi connectivity index (χ1n) is 6.35. The van der Waals surface area contributed by atoms with Crippen LogP contribution in [0.5, 0.6) is 0 Å². The summed E-state index contributed by atoms with van der Waals surface area (Å²) in [6.45, 7) is 3.45. The van der Waals surface area contributed by atoms with E-state index in [0.29, 0.717) is 6.54 Å². The lowest BCUT2D eigenvalue weighted by molar-refractivity contribution is -0.0989. The third kappa shape index (κ3) is 3.73. The highest BCUT2D eigenvalue weighted by Crippen LogP contribution is 2.14. The second-order valence-electron chi connectivity index (χ2n) is 4.51. The molecular formula is C15H20N2O2. The third-order valence-corrected chi connectivity index (χ3v) is 3.06. The molecule has 102 valence electrons. The van der Waals surface area contributed by atoms with E-state index in [9.17, 15) is 0 Å². The van der Waals surface area contributed by atoms with Gasteiger partial charge in [0.25, 0.3) is 0 Å². The Kier molecular flexibility index (Phi) is 4.85. The summed E-state index contributed by atoms with van der Waals surface area (Å²) in [5.74, 6) is 0. The fourth-order valence-corrected chi connectivity index (χ4v) is 1.98. The van der Waals surface area contributed by atoms with Crippen molar-refractivity contribution in [3.8, 4) is 0 Å². The van der Waals surface area contributed by atoms with Gasteiger partial charge in [-0.2, -0.15) is 0 Å². The van der Waals surface area contributed by atoms with Gasteiger partial charge >= 0.3 is 0 Å². The van der Waals surface area contributed by atoms with Crippen molar-refractivity contribution in [3.05, 3.63) is 41.6 Å². The quantitative estimate of drug-likeness (QED) is 0.809. The summed E-state index contributed by atoms with van der Waals surface area (Å²) >= 11 is 0. The first kappa shape index (κ1) is 13.9. The molecule has 2 rings (SSSR count). The molecule has 0 aliphatic carbocycles. The average Bonchev–Trinajstić information content (AvgIpc) is 2.43. The van der Waals surface area contributed by atoms with Gasteiger partial charge in [0.2, 0.25) is 0 Å². The van der Waals surface area contributed by atoms with E-state index in [0.717, 1.165) is 17.8 Å². The molecule has 0 bridgehead atoms. The molecule has 0 saturated heterocycles. The van der Waals surface area contributed by atoms with Gasteiger partial charge in [-0.05, 0) is 30.7 Å². The first-order chi connectivity index (χ1) is 9.22. The summed E-state index contributed by atoms with van der Waals surface area (Å²) in [7, 11) is 3.28. The van der Waals surface area contributed by atoms with Crippen molar-refractivity contribution in [2.75, 3.05) is 20.8 Å². The van der Waals surface area contributed by atoms with E-state index < -0.39 is 0 Å². The molecule has 4 nitrogen and oxygen atoms in total. The van der Waals surface area contributed by atoms with Crippen molar-refractivity contribution < 1.29 is 9.47 Å². The number of methoxy groups -OCH3 is 2. The fourth-order valence-electron chi connectivity index (χ4n) is 1.98. The van der Waals surface area contributed by atoms with E-state index >= 15 is 0 Å². The van der Waals surface area contributed by atoms with E-state index in [4.69, 9.17) is 9.47 Å². The number of hydrogen-bond donors (Lipinski definition) is 1. The molecule has 0 spiro atoms. The van der Waals surface area contributed by atoms with E-state index in [1.54, 1.807) is 14.2 Å². The van der Waals surface area contributed by atoms with Crippen LogP contribution in [0.25, 0.3) is 10.9 Å². The Morgan fingerprint density at radius 2 is 1.95 bits per heavy atom. The van der Waals surface area contributed by atoms with E-state index in [2.05, 4.69) is 34.6 Å². The van der Waals surface area contributed by atoms with Gasteiger partial charge in [-0.15, -0.1) is 0 Å². The normalized spacial score (nSPS) is 11.4. The topological polar surface area (TPSA) is 43.4 Å². The van der Waals surface area contributed by atoms with E-state index in [1.165, 1.54) is 10.9 Å².